The fourth-order valence-corrected chi connectivity index (χ4v) is 3.31. The first kappa shape index (κ1) is 15.1. The number of benzene rings is 2. The number of para-hydroxylation sites is 1. The summed E-state index contributed by atoms with van der Waals surface area (Å²) in [6.07, 6.45) is 3.22. The number of phenolic OH excluding ortho intramolecular Hbond substituents is 1. The largest absolute Gasteiger partial charge is 0.507 e. The molecule has 2 aliphatic rings. The van der Waals surface area contributed by atoms with Crippen LogP contribution in [-0.2, 0) is 6.54 Å². The second-order valence-electron chi connectivity index (χ2n) is 6.30. The first-order valence-corrected chi connectivity index (χ1v) is 8.38. The molecule has 4 nitrogen and oxygen atoms in total. The Morgan fingerprint density at radius 2 is 2.00 bits per heavy atom. The van der Waals surface area contributed by atoms with E-state index in [0.717, 1.165) is 47.7 Å². The molecule has 0 aromatic heterocycles. The summed E-state index contributed by atoms with van der Waals surface area (Å²) in [5, 5.41) is 10.1. The first-order chi connectivity index (χ1) is 11.7. The third-order valence-corrected chi connectivity index (χ3v) is 4.49. The van der Waals surface area contributed by atoms with E-state index in [9.17, 15) is 5.11 Å². The monoisotopic (exact) mass is 323 g/mol. The average molecular weight is 323 g/mol. The number of hydrogen-bond acceptors (Lipinski definition) is 4. The van der Waals surface area contributed by atoms with Crippen molar-refractivity contribution in [2.75, 3.05) is 19.9 Å². The van der Waals surface area contributed by atoms with Crippen LogP contribution in [-0.4, -0.2) is 29.9 Å². The minimum Gasteiger partial charge on any atom is -0.507 e. The Labute approximate surface area is 141 Å². The molecule has 4 rings (SSSR count). The second kappa shape index (κ2) is 6.21. The molecule has 0 unspecified atom stereocenters. The molecule has 0 aliphatic carbocycles. The number of aromatic hydroxyl groups is 1. The van der Waals surface area contributed by atoms with Crippen molar-refractivity contribution in [3.05, 3.63) is 53.1 Å². The van der Waals surface area contributed by atoms with Gasteiger partial charge in [0.25, 0.3) is 0 Å². The van der Waals surface area contributed by atoms with Gasteiger partial charge in [-0.2, -0.15) is 0 Å². The lowest BCUT2D eigenvalue weighted by Crippen LogP contribution is -2.32. The number of nitrogens with zero attached hydrogens (tertiary/aromatic N) is 1. The predicted molar refractivity (Wildman–Crippen MR) is 94.1 cm³/mol. The number of ether oxygens (including phenoxy) is 2. The highest BCUT2D eigenvalue weighted by Gasteiger charge is 2.22. The lowest BCUT2D eigenvalue weighted by atomic mass is 9.98. The predicted octanol–water partition coefficient (Wildman–Crippen LogP) is 3.89. The van der Waals surface area contributed by atoms with Gasteiger partial charge in [-0.1, -0.05) is 25.1 Å². The van der Waals surface area contributed by atoms with Crippen LogP contribution in [0.2, 0.25) is 0 Å². The van der Waals surface area contributed by atoms with Gasteiger partial charge in [-0.05, 0) is 24.6 Å². The number of fused-ring (bicyclic) bond motifs is 2. The van der Waals surface area contributed by atoms with Crippen LogP contribution in [0.1, 0.15) is 30.0 Å². The molecule has 24 heavy (non-hydrogen) atoms. The summed E-state index contributed by atoms with van der Waals surface area (Å²) in [5.41, 5.74) is 4.04. The molecule has 0 amide bonds. The fourth-order valence-electron chi connectivity index (χ4n) is 3.31. The highest BCUT2D eigenvalue weighted by Crippen LogP contribution is 2.38. The molecule has 0 atom stereocenters. The molecule has 0 spiro atoms. The van der Waals surface area contributed by atoms with E-state index < -0.39 is 0 Å². The molecule has 1 N–H and O–H groups in total. The molecule has 0 fully saturated rings. The van der Waals surface area contributed by atoms with Crippen molar-refractivity contribution >= 4 is 11.6 Å². The lowest BCUT2D eigenvalue weighted by molar-refractivity contribution is 0.0951. The highest BCUT2D eigenvalue weighted by atomic mass is 16.5. The van der Waals surface area contributed by atoms with E-state index in [1.165, 1.54) is 5.56 Å². The molecule has 2 aromatic carbocycles. The van der Waals surface area contributed by atoms with Crippen molar-refractivity contribution < 1.29 is 14.6 Å². The summed E-state index contributed by atoms with van der Waals surface area (Å²) in [4.78, 5) is 2.30. The molecule has 0 saturated carbocycles. The van der Waals surface area contributed by atoms with Crippen LogP contribution in [0.5, 0.6) is 17.2 Å². The van der Waals surface area contributed by atoms with Crippen molar-refractivity contribution in [3.63, 3.8) is 0 Å². The van der Waals surface area contributed by atoms with Gasteiger partial charge in [-0.15, -0.1) is 0 Å². The molecular weight excluding hydrogens is 302 g/mol. The minimum absolute atomic E-state index is 0.284. The summed E-state index contributed by atoms with van der Waals surface area (Å²) in [5.74, 6) is 2.04. The normalized spacial score (nSPS) is 16.5. The summed E-state index contributed by atoms with van der Waals surface area (Å²) in [6, 6.07) is 11.5. The van der Waals surface area contributed by atoms with Crippen LogP contribution in [0.3, 0.4) is 0 Å². The molecule has 2 aliphatic heterocycles. The second-order valence-corrected chi connectivity index (χ2v) is 6.30. The van der Waals surface area contributed by atoms with Crippen LogP contribution in [0.25, 0.3) is 11.6 Å². The van der Waals surface area contributed by atoms with Gasteiger partial charge in [0.15, 0.2) is 0 Å². The number of hydrogen-bond donors (Lipinski definition) is 1. The van der Waals surface area contributed by atoms with E-state index in [0.29, 0.717) is 13.3 Å². The summed E-state index contributed by atoms with van der Waals surface area (Å²) in [6.45, 7) is 5.20. The smallest absolute Gasteiger partial charge is 0.142 e. The van der Waals surface area contributed by atoms with Gasteiger partial charge in [0.05, 0.1) is 0 Å². The Kier molecular flexibility index (Phi) is 3.90. The van der Waals surface area contributed by atoms with Gasteiger partial charge in [0.2, 0.25) is 0 Å². The summed E-state index contributed by atoms with van der Waals surface area (Å²) >= 11 is 0. The number of phenols is 1. The van der Waals surface area contributed by atoms with E-state index in [2.05, 4.69) is 24.0 Å². The zero-order chi connectivity index (χ0) is 16.5. The van der Waals surface area contributed by atoms with Crippen LogP contribution < -0.4 is 9.47 Å². The minimum atomic E-state index is 0.284. The third kappa shape index (κ3) is 2.74. The van der Waals surface area contributed by atoms with Crippen molar-refractivity contribution in [1.82, 2.24) is 4.90 Å². The van der Waals surface area contributed by atoms with Crippen LogP contribution >= 0.6 is 0 Å². The molecule has 124 valence electrons. The van der Waals surface area contributed by atoms with E-state index in [1.54, 1.807) is 6.07 Å². The van der Waals surface area contributed by atoms with Gasteiger partial charge in [-0.3, -0.25) is 4.90 Å². The summed E-state index contributed by atoms with van der Waals surface area (Å²) in [7, 11) is 0. The maximum atomic E-state index is 10.1. The van der Waals surface area contributed by atoms with Gasteiger partial charge in [0, 0.05) is 41.4 Å². The third-order valence-electron chi connectivity index (χ3n) is 4.49. The molecule has 2 heterocycles. The molecule has 2 aromatic rings. The Bertz CT molecular complexity index is 797. The van der Waals surface area contributed by atoms with Gasteiger partial charge in [-0.25, -0.2) is 0 Å². The fraction of sp³-hybridized carbons (Fsp3) is 0.300. The average Bonchev–Trinajstić information content (AvgIpc) is 2.60. The van der Waals surface area contributed by atoms with Crippen molar-refractivity contribution in [3.8, 4) is 17.2 Å². The molecule has 4 heteroatoms. The first-order valence-electron chi connectivity index (χ1n) is 8.38. The van der Waals surface area contributed by atoms with Crippen LogP contribution in [0, 0.1) is 0 Å². The maximum Gasteiger partial charge on any atom is 0.142 e. The zero-order valence-corrected chi connectivity index (χ0v) is 13.8. The molecule has 0 saturated heterocycles. The van der Waals surface area contributed by atoms with E-state index in [1.807, 2.05) is 24.3 Å². The Hall–Kier alpha value is -2.46. The highest BCUT2D eigenvalue weighted by molar-refractivity contribution is 5.87. The van der Waals surface area contributed by atoms with E-state index in [4.69, 9.17) is 9.47 Å². The topological polar surface area (TPSA) is 41.9 Å². The Balaban J connectivity index is 1.69. The quantitative estimate of drug-likeness (QED) is 0.930. The summed E-state index contributed by atoms with van der Waals surface area (Å²) < 4.78 is 11.8. The lowest BCUT2D eigenvalue weighted by Gasteiger charge is -2.30. The molecule has 0 radical (unpaired) electrons. The van der Waals surface area contributed by atoms with Crippen molar-refractivity contribution in [2.45, 2.75) is 19.9 Å². The number of rotatable bonds is 3. The SMILES string of the molecule is CCCN1COc2cc3c(cc2C1)C=C(c1ccccc1O)CO3. The Morgan fingerprint density at radius 1 is 1.12 bits per heavy atom. The standard InChI is InChI=1S/C20H21NO3/c1-2-7-21-11-15-8-14-9-16(17-5-3-4-6-18(17)22)12-23-19(14)10-20(15)24-13-21/h3-6,8-10,22H,2,7,11-13H2,1H3. The van der Waals surface area contributed by atoms with Gasteiger partial charge < -0.3 is 14.6 Å². The van der Waals surface area contributed by atoms with Crippen LogP contribution in [0.15, 0.2) is 36.4 Å². The van der Waals surface area contributed by atoms with Crippen molar-refractivity contribution in [1.29, 1.82) is 0 Å². The maximum absolute atomic E-state index is 10.1. The zero-order valence-electron chi connectivity index (χ0n) is 13.8. The Morgan fingerprint density at radius 3 is 2.83 bits per heavy atom. The van der Waals surface area contributed by atoms with Gasteiger partial charge >= 0.3 is 0 Å². The van der Waals surface area contributed by atoms with E-state index >= 15 is 0 Å². The van der Waals surface area contributed by atoms with E-state index in [-0.39, 0.29) is 5.75 Å². The molecular formula is C20H21NO3. The molecule has 0 bridgehead atoms. The van der Waals surface area contributed by atoms with Crippen LogP contribution in [0.4, 0.5) is 0 Å². The van der Waals surface area contributed by atoms with Crippen molar-refractivity contribution in [2.24, 2.45) is 0 Å². The van der Waals surface area contributed by atoms with Gasteiger partial charge in [0.1, 0.15) is 30.6 Å².